The van der Waals surface area contributed by atoms with Crippen molar-refractivity contribution in [2.45, 2.75) is 32.5 Å². The number of anilines is 1. The van der Waals surface area contributed by atoms with Crippen LogP contribution in [0.4, 0.5) is 14.9 Å². The molecule has 6 heteroatoms. The molecule has 0 spiro atoms. The van der Waals surface area contributed by atoms with Crippen molar-refractivity contribution in [3.8, 4) is 0 Å². The first-order valence-electron chi connectivity index (χ1n) is 5.76. The third-order valence-corrected chi connectivity index (χ3v) is 2.45. The van der Waals surface area contributed by atoms with Crippen molar-refractivity contribution in [1.82, 2.24) is 0 Å². The molecule has 0 saturated heterocycles. The lowest BCUT2D eigenvalue weighted by Gasteiger charge is -2.21. The van der Waals surface area contributed by atoms with Crippen LogP contribution in [0.15, 0.2) is 18.2 Å². The summed E-state index contributed by atoms with van der Waals surface area (Å²) in [5, 5.41) is 12.2. The van der Waals surface area contributed by atoms with Crippen LogP contribution in [0.3, 0.4) is 0 Å². The number of aliphatic hydroxyl groups is 1. The molecule has 1 rings (SSSR count). The number of hydrogen-bond acceptors (Lipinski definition) is 3. The predicted molar refractivity (Wildman–Crippen MR) is 71.9 cm³/mol. The quantitative estimate of drug-likeness (QED) is 0.838. The van der Waals surface area contributed by atoms with E-state index in [1.165, 1.54) is 12.1 Å². The van der Waals surface area contributed by atoms with E-state index in [9.17, 15) is 14.3 Å². The maximum Gasteiger partial charge on any atom is 0.412 e. The van der Waals surface area contributed by atoms with Gasteiger partial charge < -0.3 is 9.84 Å². The molecule has 0 saturated carbocycles. The molecule has 0 bridgehead atoms. The first kappa shape index (κ1) is 15.7. The summed E-state index contributed by atoms with van der Waals surface area (Å²) < 4.78 is 18.2. The highest BCUT2D eigenvalue weighted by Gasteiger charge is 2.19. The molecule has 1 amide bonds. The minimum atomic E-state index is -1.07. The Labute approximate surface area is 116 Å². The van der Waals surface area contributed by atoms with E-state index in [0.717, 1.165) is 6.07 Å². The van der Waals surface area contributed by atoms with E-state index in [4.69, 9.17) is 16.3 Å². The van der Waals surface area contributed by atoms with Crippen molar-refractivity contribution in [1.29, 1.82) is 0 Å². The van der Waals surface area contributed by atoms with Crippen molar-refractivity contribution in [2.24, 2.45) is 0 Å². The summed E-state index contributed by atoms with van der Waals surface area (Å²) in [5.41, 5.74) is -0.167. The molecule has 1 aromatic carbocycles. The van der Waals surface area contributed by atoms with Gasteiger partial charge in [-0.1, -0.05) is 0 Å². The molecule has 2 N–H and O–H groups in total. The van der Waals surface area contributed by atoms with Crippen LogP contribution in [-0.4, -0.2) is 22.7 Å². The number of amides is 1. The van der Waals surface area contributed by atoms with Gasteiger partial charge in [0, 0.05) is 5.56 Å². The minimum Gasteiger partial charge on any atom is -0.444 e. The Bertz CT molecular complexity index is 460. The molecule has 0 aliphatic carbocycles. The van der Waals surface area contributed by atoms with Crippen LogP contribution in [0, 0.1) is 5.82 Å². The molecule has 1 aromatic rings. The summed E-state index contributed by atoms with van der Waals surface area (Å²) in [6.07, 6.45) is -1.75. The predicted octanol–water partition coefficient (Wildman–Crippen LogP) is 3.44. The SMILES string of the molecule is CC(C)(C)OC(=O)Nc1ccc(F)cc1C(O)CCl. The van der Waals surface area contributed by atoms with Crippen molar-refractivity contribution in [2.75, 3.05) is 11.2 Å². The summed E-state index contributed by atoms with van der Waals surface area (Å²) in [4.78, 5) is 11.6. The molecule has 1 unspecified atom stereocenters. The second kappa shape index (κ2) is 6.21. The maximum absolute atomic E-state index is 13.2. The summed E-state index contributed by atoms with van der Waals surface area (Å²) in [6.45, 7) is 5.18. The summed E-state index contributed by atoms with van der Waals surface area (Å²) in [7, 11) is 0. The van der Waals surface area contributed by atoms with E-state index in [1.54, 1.807) is 20.8 Å². The average Bonchev–Trinajstić information content (AvgIpc) is 2.28. The Balaban J connectivity index is 2.91. The zero-order valence-electron chi connectivity index (χ0n) is 11.0. The molecule has 0 radical (unpaired) electrons. The number of aliphatic hydroxyl groups excluding tert-OH is 1. The van der Waals surface area contributed by atoms with Gasteiger partial charge in [-0.3, -0.25) is 5.32 Å². The molecule has 0 aliphatic heterocycles. The zero-order chi connectivity index (χ0) is 14.6. The van der Waals surface area contributed by atoms with Crippen LogP contribution in [0.1, 0.15) is 32.4 Å². The van der Waals surface area contributed by atoms with Crippen LogP contribution in [-0.2, 0) is 4.74 Å². The zero-order valence-corrected chi connectivity index (χ0v) is 11.8. The van der Waals surface area contributed by atoms with Crippen molar-refractivity contribution < 1.29 is 19.0 Å². The summed E-state index contributed by atoms with van der Waals surface area (Å²) in [6, 6.07) is 3.65. The topological polar surface area (TPSA) is 58.6 Å². The second-order valence-electron chi connectivity index (χ2n) is 5.03. The highest BCUT2D eigenvalue weighted by Crippen LogP contribution is 2.25. The van der Waals surface area contributed by atoms with Crippen molar-refractivity contribution in [3.63, 3.8) is 0 Å². The fourth-order valence-electron chi connectivity index (χ4n) is 1.42. The highest BCUT2D eigenvalue weighted by atomic mass is 35.5. The highest BCUT2D eigenvalue weighted by molar-refractivity contribution is 6.18. The van der Waals surface area contributed by atoms with Crippen molar-refractivity contribution >= 4 is 23.4 Å². The number of nitrogens with one attached hydrogen (secondary N) is 1. The van der Waals surface area contributed by atoms with Crippen LogP contribution in [0.2, 0.25) is 0 Å². The number of halogens is 2. The van der Waals surface area contributed by atoms with Gasteiger partial charge in [-0.15, -0.1) is 11.6 Å². The molecule has 0 aromatic heterocycles. The third-order valence-electron chi connectivity index (χ3n) is 2.15. The summed E-state index contributed by atoms with van der Waals surface area (Å²) in [5.74, 6) is -0.624. The van der Waals surface area contributed by atoms with E-state index < -0.39 is 23.6 Å². The third kappa shape index (κ3) is 5.04. The molecule has 0 fully saturated rings. The Morgan fingerprint density at radius 1 is 1.53 bits per heavy atom. The summed E-state index contributed by atoms with van der Waals surface area (Å²) >= 11 is 5.54. The Morgan fingerprint density at radius 3 is 2.68 bits per heavy atom. The van der Waals surface area contributed by atoms with Crippen LogP contribution in [0.5, 0.6) is 0 Å². The van der Waals surface area contributed by atoms with Gasteiger partial charge in [-0.2, -0.15) is 0 Å². The lowest BCUT2D eigenvalue weighted by molar-refractivity contribution is 0.0635. The minimum absolute atomic E-state index is 0.105. The van der Waals surface area contributed by atoms with E-state index in [-0.39, 0.29) is 17.1 Å². The van der Waals surface area contributed by atoms with E-state index >= 15 is 0 Å². The van der Waals surface area contributed by atoms with Gasteiger partial charge in [0.1, 0.15) is 11.4 Å². The van der Waals surface area contributed by atoms with Gasteiger partial charge in [0.25, 0.3) is 0 Å². The van der Waals surface area contributed by atoms with Crippen LogP contribution < -0.4 is 5.32 Å². The standard InChI is InChI=1S/C13H17ClFNO3/c1-13(2,3)19-12(18)16-10-5-4-8(15)6-9(10)11(17)7-14/h4-6,11,17H,7H2,1-3H3,(H,16,18). The number of carbonyl (C=O) groups is 1. The largest absolute Gasteiger partial charge is 0.444 e. The normalized spacial score (nSPS) is 12.9. The van der Waals surface area contributed by atoms with Gasteiger partial charge in [-0.05, 0) is 39.0 Å². The number of benzene rings is 1. The Kier molecular flexibility index (Phi) is 5.14. The number of carbonyl (C=O) groups excluding carboxylic acids is 1. The first-order chi connectivity index (χ1) is 8.73. The molecule has 0 heterocycles. The molecular formula is C13H17ClFNO3. The second-order valence-corrected chi connectivity index (χ2v) is 5.34. The molecular weight excluding hydrogens is 273 g/mol. The van der Waals surface area contributed by atoms with E-state index in [2.05, 4.69) is 5.32 Å². The number of ether oxygens (including phenoxy) is 1. The van der Waals surface area contributed by atoms with Gasteiger partial charge >= 0.3 is 6.09 Å². The number of hydrogen-bond donors (Lipinski definition) is 2. The van der Waals surface area contributed by atoms with Gasteiger partial charge in [0.05, 0.1) is 17.7 Å². The molecule has 0 aliphatic rings. The lowest BCUT2D eigenvalue weighted by Crippen LogP contribution is -2.27. The fraction of sp³-hybridized carbons (Fsp3) is 0.462. The first-order valence-corrected chi connectivity index (χ1v) is 6.30. The van der Waals surface area contributed by atoms with E-state index in [1.807, 2.05) is 0 Å². The lowest BCUT2D eigenvalue weighted by atomic mass is 10.1. The molecule has 19 heavy (non-hydrogen) atoms. The Hall–Kier alpha value is -1.33. The molecule has 4 nitrogen and oxygen atoms in total. The van der Waals surface area contributed by atoms with Gasteiger partial charge in [0.2, 0.25) is 0 Å². The van der Waals surface area contributed by atoms with Gasteiger partial charge in [-0.25, -0.2) is 9.18 Å². The molecule has 106 valence electrons. The van der Waals surface area contributed by atoms with Crippen LogP contribution >= 0.6 is 11.6 Å². The number of alkyl halides is 1. The van der Waals surface area contributed by atoms with E-state index in [0.29, 0.717) is 0 Å². The van der Waals surface area contributed by atoms with Crippen molar-refractivity contribution in [3.05, 3.63) is 29.6 Å². The fourth-order valence-corrected chi connectivity index (χ4v) is 1.59. The Morgan fingerprint density at radius 2 is 2.16 bits per heavy atom. The average molecular weight is 290 g/mol. The number of rotatable bonds is 3. The smallest absolute Gasteiger partial charge is 0.412 e. The van der Waals surface area contributed by atoms with Gasteiger partial charge in [0.15, 0.2) is 0 Å². The molecule has 1 atom stereocenters. The monoisotopic (exact) mass is 289 g/mol. The maximum atomic E-state index is 13.2. The van der Waals surface area contributed by atoms with Crippen LogP contribution in [0.25, 0.3) is 0 Å².